The van der Waals surface area contributed by atoms with Gasteiger partial charge in [-0.3, -0.25) is 4.79 Å². The molecule has 9 heteroatoms. The van der Waals surface area contributed by atoms with Crippen LogP contribution in [0.25, 0.3) is 11.4 Å². The molecule has 2 N–H and O–H groups in total. The molecule has 0 atom stereocenters. The van der Waals surface area contributed by atoms with Crippen LogP contribution in [0.2, 0.25) is 5.02 Å². The second kappa shape index (κ2) is 8.33. The van der Waals surface area contributed by atoms with E-state index in [0.717, 1.165) is 10.0 Å². The fourth-order valence-electron chi connectivity index (χ4n) is 2.42. The van der Waals surface area contributed by atoms with Gasteiger partial charge in [0.25, 0.3) is 0 Å². The molecule has 0 fully saturated rings. The topological polar surface area (TPSA) is 80.0 Å². The average Bonchev–Trinajstić information content (AvgIpc) is 3.00. The zero-order valence-corrected chi connectivity index (χ0v) is 17.7. The van der Waals surface area contributed by atoms with Crippen molar-refractivity contribution in [2.24, 2.45) is 7.05 Å². The van der Waals surface area contributed by atoms with Gasteiger partial charge in [0, 0.05) is 22.2 Å². The molecule has 3 aromatic rings. The maximum absolute atomic E-state index is 12.3. The molecule has 3 rings (SSSR count). The maximum atomic E-state index is 12.3. The highest BCUT2D eigenvalue weighted by atomic mass is 79.9. The number of phenolic OH excluding ortho intramolecular Hbond substituents is 1. The van der Waals surface area contributed by atoms with Crippen molar-refractivity contribution in [3.05, 3.63) is 51.5 Å². The second-order valence-electron chi connectivity index (χ2n) is 5.78. The number of amides is 1. The van der Waals surface area contributed by atoms with Crippen molar-refractivity contribution in [3.8, 4) is 17.1 Å². The molecular weight excluding hydrogens is 452 g/mol. The zero-order chi connectivity index (χ0) is 19.6. The number of anilines is 1. The molecule has 0 aliphatic rings. The number of thioether (sulfide) groups is 1. The van der Waals surface area contributed by atoms with Crippen LogP contribution in [0.5, 0.6) is 5.75 Å². The number of hydrogen-bond donors (Lipinski definition) is 2. The number of phenols is 1. The Kier molecular flexibility index (Phi) is 6.08. The van der Waals surface area contributed by atoms with Crippen molar-refractivity contribution in [1.82, 2.24) is 14.8 Å². The highest BCUT2D eigenvalue weighted by molar-refractivity contribution is 9.10. The quantitative estimate of drug-likeness (QED) is 0.534. The minimum atomic E-state index is -0.166. The third kappa shape index (κ3) is 4.45. The highest BCUT2D eigenvalue weighted by Crippen LogP contribution is 2.32. The van der Waals surface area contributed by atoms with Crippen molar-refractivity contribution in [1.29, 1.82) is 0 Å². The van der Waals surface area contributed by atoms with E-state index in [1.165, 1.54) is 11.8 Å². The van der Waals surface area contributed by atoms with Crippen LogP contribution in [-0.2, 0) is 11.8 Å². The van der Waals surface area contributed by atoms with Gasteiger partial charge in [-0.15, -0.1) is 10.2 Å². The molecule has 0 saturated heterocycles. The Hall–Kier alpha value is -2.03. The Balaban J connectivity index is 1.70. The number of aromatic hydroxyl groups is 1. The van der Waals surface area contributed by atoms with Crippen LogP contribution in [0, 0.1) is 6.92 Å². The number of nitrogens with zero attached hydrogens (tertiary/aromatic N) is 3. The number of hydrogen-bond acceptors (Lipinski definition) is 5. The number of rotatable bonds is 5. The lowest BCUT2D eigenvalue weighted by atomic mass is 10.2. The van der Waals surface area contributed by atoms with Crippen LogP contribution in [0.3, 0.4) is 0 Å². The first-order valence-electron chi connectivity index (χ1n) is 7.93. The lowest BCUT2D eigenvalue weighted by molar-refractivity contribution is -0.113. The molecule has 0 bridgehead atoms. The molecule has 140 valence electrons. The minimum Gasteiger partial charge on any atom is -0.507 e. The molecule has 6 nitrogen and oxygen atoms in total. The Morgan fingerprint density at radius 3 is 2.89 bits per heavy atom. The van der Waals surface area contributed by atoms with Crippen molar-refractivity contribution < 1.29 is 9.90 Å². The zero-order valence-electron chi connectivity index (χ0n) is 14.5. The molecule has 2 aromatic carbocycles. The largest absolute Gasteiger partial charge is 0.507 e. The average molecular weight is 468 g/mol. The summed E-state index contributed by atoms with van der Waals surface area (Å²) in [5.41, 5.74) is 2.07. The van der Waals surface area contributed by atoms with E-state index in [4.69, 9.17) is 11.6 Å². The van der Waals surface area contributed by atoms with E-state index in [2.05, 4.69) is 31.4 Å². The van der Waals surface area contributed by atoms with Gasteiger partial charge in [0.2, 0.25) is 5.91 Å². The highest BCUT2D eigenvalue weighted by Gasteiger charge is 2.16. The first kappa shape index (κ1) is 19.7. The van der Waals surface area contributed by atoms with Gasteiger partial charge in [0.05, 0.1) is 11.3 Å². The molecule has 0 aliphatic carbocycles. The third-order valence-electron chi connectivity index (χ3n) is 3.91. The second-order valence-corrected chi connectivity index (χ2v) is 8.04. The normalized spacial score (nSPS) is 10.8. The van der Waals surface area contributed by atoms with Gasteiger partial charge >= 0.3 is 0 Å². The standard InChI is InChI=1S/C18H16BrClN4O2S/c1-10-13(20)4-3-5-14(10)21-16(26)9-27-18-23-22-17(24(18)2)12-8-11(19)6-7-15(12)25/h3-8,25H,9H2,1-2H3,(H,21,26). The summed E-state index contributed by atoms with van der Waals surface area (Å²) < 4.78 is 2.56. The molecular formula is C18H16BrClN4O2S. The number of benzene rings is 2. The van der Waals surface area contributed by atoms with E-state index in [1.807, 2.05) is 6.92 Å². The fourth-order valence-corrected chi connectivity index (χ4v) is 3.67. The maximum Gasteiger partial charge on any atom is 0.234 e. The van der Waals surface area contributed by atoms with Crippen molar-refractivity contribution in [2.75, 3.05) is 11.1 Å². The van der Waals surface area contributed by atoms with Gasteiger partial charge in [-0.25, -0.2) is 0 Å². The lowest BCUT2D eigenvalue weighted by Gasteiger charge is -2.09. The molecule has 1 aromatic heterocycles. The molecule has 1 heterocycles. The van der Waals surface area contributed by atoms with Gasteiger partial charge in [0.1, 0.15) is 5.75 Å². The number of carbonyl (C=O) groups excluding carboxylic acids is 1. The van der Waals surface area contributed by atoms with Crippen molar-refractivity contribution >= 4 is 50.9 Å². The lowest BCUT2D eigenvalue weighted by Crippen LogP contribution is -2.15. The summed E-state index contributed by atoms with van der Waals surface area (Å²) in [6.45, 7) is 1.85. The summed E-state index contributed by atoms with van der Waals surface area (Å²) in [6, 6.07) is 10.5. The number of nitrogens with one attached hydrogen (secondary N) is 1. The number of halogens is 2. The number of carbonyl (C=O) groups is 1. The predicted octanol–water partition coefficient (Wildman–Crippen LogP) is 4.64. The van der Waals surface area contributed by atoms with Crippen LogP contribution in [0.4, 0.5) is 5.69 Å². The first-order chi connectivity index (χ1) is 12.9. The van der Waals surface area contributed by atoms with E-state index in [0.29, 0.717) is 27.3 Å². The minimum absolute atomic E-state index is 0.111. The van der Waals surface area contributed by atoms with E-state index < -0.39 is 0 Å². The molecule has 0 aliphatic heterocycles. The Bertz CT molecular complexity index is 1010. The molecule has 0 unspecified atom stereocenters. The Labute approximate surface area is 174 Å². The molecule has 0 radical (unpaired) electrons. The fraction of sp³-hybridized carbons (Fsp3) is 0.167. The summed E-state index contributed by atoms with van der Waals surface area (Å²) in [4.78, 5) is 12.3. The van der Waals surface area contributed by atoms with E-state index in [-0.39, 0.29) is 17.4 Å². The van der Waals surface area contributed by atoms with E-state index in [9.17, 15) is 9.90 Å². The van der Waals surface area contributed by atoms with E-state index >= 15 is 0 Å². The molecule has 0 spiro atoms. The van der Waals surface area contributed by atoms with E-state index in [1.54, 1.807) is 48.0 Å². The summed E-state index contributed by atoms with van der Waals surface area (Å²) in [7, 11) is 1.79. The SMILES string of the molecule is Cc1c(Cl)cccc1NC(=O)CSc1nnc(-c2cc(Br)ccc2O)n1C. The Morgan fingerprint density at radius 1 is 1.33 bits per heavy atom. The summed E-state index contributed by atoms with van der Waals surface area (Å²) in [5, 5.41) is 22.4. The smallest absolute Gasteiger partial charge is 0.234 e. The van der Waals surface area contributed by atoms with Crippen LogP contribution in [0.1, 0.15) is 5.56 Å². The Morgan fingerprint density at radius 2 is 2.11 bits per heavy atom. The van der Waals surface area contributed by atoms with Gasteiger partial charge in [-0.05, 0) is 42.8 Å². The molecule has 1 amide bonds. The van der Waals surface area contributed by atoms with Gasteiger partial charge < -0.3 is 15.0 Å². The molecule has 27 heavy (non-hydrogen) atoms. The van der Waals surface area contributed by atoms with Crippen molar-refractivity contribution in [2.45, 2.75) is 12.1 Å². The first-order valence-corrected chi connectivity index (χ1v) is 10.1. The van der Waals surface area contributed by atoms with Gasteiger partial charge in [-0.1, -0.05) is 45.4 Å². The van der Waals surface area contributed by atoms with Crippen LogP contribution < -0.4 is 5.32 Å². The monoisotopic (exact) mass is 466 g/mol. The van der Waals surface area contributed by atoms with Gasteiger partial charge in [0.15, 0.2) is 11.0 Å². The van der Waals surface area contributed by atoms with Crippen LogP contribution >= 0.6 is 39.3 Å². The number of aromatic nitrogens is 3. The van der Waals surface area contributed by atoms with Crippen LogP contribution in [-0.4, -0.2) is 31.5 Å². The van der Waals surface area contributed by atoms with Crippen molar-refractivity contribution in [3.63, 3.8) is 0 Å². The predicted molar refractivity (Wildman–Crippen MR) is 111 cm³/mol. The van der Waals surface area contributed by atoms with Gasteiger partial charge in [-0.2, -0.15) is 0 Å². The third-order valence-corrected chi connectivity index (χ3v) is 5.83. The summed E-state index contributed by atoms with van der Waals surface area (Å²) >= 11 is 10.7. The summed E-state index contributed by atoms with van der Waals surface area (Å²) in [6.07, 6.45) is 0. The molecule has 0 saturated carbocycles. The summed E-state index contributed by atoms with van der Waals surface area (Å²) in [5.74, 6) is 0.629. The van der Waals surface area contributed by atoms with Crippen LogP contribution in [0.15, 0.2) is 46.0 Å².